The Labute approximate surface area is 237 Å². The van der Waals surface area contributed by atoms with E-state index in [0.717, 1.165) is 16.7 Å². The van der Waals surface area contributed by atoms with Crippen LogP contribution in [0.3, 0.4) is 0 Å². The summed E-state index contributed by atoms with van der Waals surface area (Å²) in [6.45, 7) is 1.95. The number of halogens is 1. The quantitative estimate of drug-likeness (QED) is 0.278. The number of nitrogens with one attached hydrogen (secondary N) is 1. The fraction of sp³-hybridized carbons (Fsp3) is 0.161. The third-order valence-corrected chi connectivity index (χ3v) is 8.73. The van der Waals surface area contributed by atoms with Crippen LogP contribution in [-0.2, 0) is 21.2 Å². The van der Waals surface area contributed by atoms with Crippen LogP contribution in [0.2, 0.25) is 0 Å². The Morgan fingerprint density at radius 1 is 0.976 bits per heavy atom. The molecule has 1 heterocycles. The molecule has 1 amide bonds. The molecule has 0 spiro atoms. The molecule has 2 N–H and O–H groups in total. The second-order valence-corrected chi connectivity index (χ2v) is 11.4. The van der Waals surface area contributed by atoms with Gasteiger partial charge in [0.2, 0.25) is 5.91 Å². The van der Waals surface area contributed by atoms with Crippen LogP contribution < -0.4 is 14.4 Å². The Hall–Kier alpha value is -4.70. The lowest BCUT2D eigenvalue weighted by Crippen LogP contribution is -2.48. The molecule has 1 atom stereocenters. The van der Waals surface area contributed by atoms with Gasteiger partial charge in [-0.25, -0.2) is 17.6 Å². The monoisotopic (exact) mass is 574 g/mol. The van der Waals surface area contributed by atoms with Crippen molar-refractivity contribution in [2.75, 3.05) is 17.5 Å². The van der Waals surface area contributed by atoms with Crippen LogP contribution in [0.15, 0.2) is 95.9 Å². The van der Waals surface area contributed by atoms with Crippen LogP contribution >= 0.6 is 0 Å². The van der Waals surface area contributed by atoms with E-state index < -0.39 is 27.9 Å². The molecule has 0 fully saturated rings. The Balaban J connectivity index is 1.31. The molecular weight excluding hydrogens is 547 g/mol. The molecule has 0 saturated carbocycles. The SMILES string of the molecule is Cc1cc(C(=O)O)ccc1OCCNC(=O)[C@@H]1Cc2ccccc2N1S(=O)(=O)c1ccc(-c2ccc(F)cc2)cc1. The summed E-state index contributed by atoms with van der Waals surface area (Å²) in [6, 6.07) is 22.7. The van der Waals surface area contributed by atoms with Crippen molar-refractivity contribution in [3.8, 4) is 16.9 Å². The highest BCUT2D eigenvalue weighted by Gasteiger charge is 2.42. The van der Waals surface area contributed by atoms with Crippen molar-refractivity contribution in [1.29, 1.82) is 0 Å². The van der Waals surface area contributed by atoms with Crippen molar-refractivity contribution in [2.24, 2.45) is 0 Å². The maximum absolute atomic E-state index is 13.9. The van der Waals surface area contributed by atoms with Gasteiger partial charge in [0.1, 0.15) is 24.2 Å². The number of carbonyl (C=O) groups is 2. The summed E-state index contributed by atoms with van der Waals surface area (Å²) in [5.41, 5.74) is 3.45. The molecule has 10 heteroatoms. The number of fused-ring (bicyclic) bond motifs is 1. The molecule has 4 aromatic carbocycles. The highest BCUT2D eigenvalue weighted by Crippen LogP contribution is 2.37. The number of amides is 1. The zero-order valence-electron chi connectivity index (χ0n) is 22.1. The first kappa shape index (κ1) is 27.9. The topological polar surface area (TPSA) is 113 Å². The molecule has 4 aromatic rings. The minimum absolute atomic E-state index is 0.0291. The lowest BCUT2D eigenvalue weighted by atomic mass is 10.1. The van der Waals surface area contributed by atoms with E-state index >= 15 is 0 Å². The molecule has 0 aliphatic carbocycles. The largest absolute Gasteiger partial charge is 0.491 e. The van der Waals surface area contributed by atoms with Gasteiger partial charge in [-0.05, 0) is 77.7 Å². The molecule has 0 radical (unpaired) electrons. The van der Waals surface area contributed by atoms with Gasteiger partial charge in [-0.15, -0.1) is 0 Å². The van der Waals surface area contributed by atoms with Gasteiger partial charge in [0, 0.05) is 6.42 Å². The number of nitrogens with zero attached hydrogens (tertiary/aromatic N) is 1. The second-order valence-electron chi connectivity index (χ2n) is 9.61. The van der Waals surface area contributed by atoms with E-state index in [9.17, 15) is 22.4 Å². The van der Waals surface area contributed by atoms with Crippen LogP contribution in [0.25, 0.3) is 11.1 Å². The second kappa shape index (κ2) is 11.4. The number of para-hydroxylation sites is 1. The van der Waals surface area contributed by atoms with Crippen molar-refractivity contribution in [2.45, 2.75) is 24.3 Å². The molecule has 41 heavy (non-hydrogen) atoms. The third kappa shape index (κ3) is 5.78. The predicted octanol–water partition coefficient (Wildman–Crippen LogP) is 4.81. The van der Waals surface area contributed by atoms with E-state index in [1.807, 2.05) is 0 Å². The average Bonchev–Trinajstić information content (AvgIpc) is 3.37. The van der Waals surface area contributed by atoms with E-state index in [0.29, 0.717) is 17.0 Å². The molecule has 1 aliphatic heterocycles. The highest BCUT2D eigenvalue weighted by atomic mass is 32.2. The van der Waals surface area contributed by atoms with Gasteiger partial charge >= 0.3 is 5.97 Å². The number of aryl methyl sites for hydroxylation is 1. The summed E-state index contributed by atoms with van der Waals surface area (Å²) in [5.74, 6) is -1.37. The van der Waals surface area contributed by atoms with Gasteiger partial charge in [-0.2, -0.15) is 0 Å². The number of aromatic carboxylic acids is 1. The number of rotatable bonds is 9. The van der Waals surface area contributed by atoms with Gasteiger partial charge in [-0.1, -0.05) is 42.5 Å². The molecule has 1 aliphatic rings. The fourth-order valence-corrected chi connectivity index (χ4v) is 6.48. The molecule has 0 saturated heterocycles. The predicted molar refractivity (Wildman–Crippen MR) is 152 cm³/mol. The van der Waals surface area contributed by atoms with E-state index in [2.05, 4.69) is 5.32 Å². The summed E-state index contributed by atoms with van der Waals surface area (Å²) >= 11 is 0. The van der Waals surface area contributed by atoms with Crippen LogP contribution in [0, 0.1) is 12.7 Å². The lowest BCUT2D eigenvalue weighted by Gasteiger charge is -2.26. The Morgan fingerprint density at radius 2 is 1.63 bits per heavy atom. The highest BCUT2D eigenvalue weighted by molar-refractivity contribution is 7.93. The number of anilines is 1. The fourth-order valence-electron chi connectivity index (χ4n) is 4.83. The number of sulfonamides is 1. The third-order valence-electron chi connectivity index (χ3n) is 6.90. The zero-order valence-corrected chi connectivity index (χ0v) is 22.9. The van der Waals surface area contributed by atoms with Crippen molar-refractivity contribution in [1.82, 2.24) is 5.32 Å². The van der Waals surface area contributed by atoms with Gasteiger partial charge in [0.15, 0.2) is 0 Å². The Kier molecular flexibility index (Phi) is 7.76. The minimum Gasteiger partial charge on any atom is -0.491 e. The summed E-state index contributed by atoms with van der Waals surface area (Å²) in [5, 5.41) is 11.9. The summed E-state index contributed by atoms with van der Waals surface area (Å²) in [6.07, 6.45) is 0.214. The molecular formula is C31H27FN2O6S. The van der Waals surface area contributed by atoms with E-state index in [4.69, 9.17) is 9.84 Å². The maximum atomic E-state index is 13.9. The van der Waals surface area contributed by atoms with Crippen LogP contribution in [0.1, 0.15) is 21.5 Å². The van der Waals surface area contributed by atoms with Gasteiger partial charge in [-0.3, -0.25) is 9.10 Å². The number of carboxylic acids is 1. The smallest absolute Gasteiger partial charge is 0.335 e. The van der Waals surface area contributed by atoms with Crippen molar-refractivity contribution in [3.05, 3.63) is 114 Å². The standard InChI is InChI=1S/C31H27FN2O6S/c1-20-18-24(31(36)37)10-15-29(20)40-17-16-33-30(35)28-19-23-4-2-3-5-27(23)34(28)41(38,39)26-13-8-22(9-14-26)21-6-11-25(32)12-7-21/h2-15,18,28H,16-17,19H2,1H3,(H,33,35)(H,36,37)/t28-/m0/s1. The van der Waals surface area contributed by atoms with E-state index in [1.165, 1.54) is 40.7 Å². The van der Waals surface area contributed by atoms with Gasteiger partial charge in [0.25, 0.3) is 10.0 Å². The zero-order chi connectivity index (χ0) is 29.1. The molecule has 5 rings (SSSR count). The summed E-state index contributed by atoms with van der Waals surface area (Å²) in [4.78, 5) is 24.5. The Morgan fingerprint density at radius 3 is 2.29 bits per heavy atom. The summed E-state index contributed by atoms with van der Waals surface area (Å²) in [7, 11) is -4.11. The molecule has 0 unspecified atom stereocenters. The number of benzene rings is 4. The average molecular weight is 575 g/mol. The molecule has 8 nitrogen and oxygen atoms in total. The Bertz CT molecular complexity index is 1710. The minimum atomic E-state index is -4.11. The lowest BCUT2D eigenvalue weighted by molar-refractivity contribution is -0.122. The van der Waals surface area contributed by atoms with Crippen molar-refractivity contribution >= 4 is 27.6 Å². The molecule has 0 aromatic heterocycles. The van der Waals surface area contributed by atoms with Crippen molar-refractivity contribution < 1.29 is 32.2 Å². The van der Waals surface area contributed by atoms with Crippen LogP contribution in [0.5, 0.6) is 5.75 Å². The molecule has 210 valence electrons. The van der Waals surface area contributed by atoms with Crippen molar-refractivity contribution in [3.63, 3.8) is 0 Å². The number of hydrogen-bond acceptors (Lipinski definition) is 5. The first-order valence-electron chi connectivity index (χ1n) is 12.9. The first-order chi connectivity index (χ1) is 19.6. The van der Waals surface area contributed by atoms with Crippen LogP contribution in [-0.4, -0.2) is 44.6 Å². The molecule has 0 bridgehead atoms. The van der Waals surface area contributed by atoms with Gasteiger partial charge < -0.3 is 15.2 Å². The number of ether oxygens (including phenoxy) is 1. The number of carboxylic acid groups (broad SMARTS) is 1. The normalized spacial score (nSPS) is 14.4. The summed E-state index contributed by atoms with van der Waals surface area (Å²) < 4.78 is 47.9. The van der Waals surface area contributed by atoms with Crippen LogP contribution in [0.4, 0.5) is 10.1 Å². The van der Waals surface area contributed by atoms with E-state index in [1.54, 1.807) is 61.5 Å². The first-order valence-corrected chi connectivity index (χ1v) is 14.3. The van der Waals surface area contributed by atoms with E-state index in [-0.39, 0.29) is 35.8 Å². The number of carbonyl (C=O) groups excluding carboxylic acids is 1. The maximum Gasteiger partial charge on any atom is 0.335 e. The van der Waals surface area contributed by atoms with Gasteiger partial charge in [0.05, 0.1) is 22.7 Å². The number of hydrogen-bond donors (Lipinski definition) is 2.